The van der Waals surface area contributed by atoms with Crippen molar-refractivity contribution in [3.8, 4) is 0 Å². The van der Waals surface area contributed by atoms with Gasteiger partial charge in [0.25, 0.3) is 0 Å². The average Bonchev–Trinajstić information content (AvgIpc) is 3.21. The maximum absolute atomic E-state index is 4.64. The van der Waals surface area contributed by atoms with Gasteiger partial charge in [-0.25, -0.2) is 0 Å². The Balaban J connectivity index is 1.61. The molecule has 21 heavy (non-hydrogen) atoms. The Hall–Kier alpha value is -1.85. The van der Waals surface area contributed by atoms with Gasteiger partial charge in [-0.2, -0.15) is 15.1 Å². The number of rotatable bonds is 4. The maximum Gasteiger partial charge on any atom is 0.226 e. The summed E-state index contributed by atoms with van der Waals surface area (Å²) < 4.78 is 0. The molecule has 2 bridgehead atoms. The van der Waals surface area contributed by atoms with E-state index in [-0.39, 0.29) is 0 Å². The number of aromatic nitrogens is 4. The summed E-state index contributed by atoms with van der Waals surface area (Å²) in [4.78, 5) is 11.3. The van der Waals surface area contributed by atoms with Gasteiger partial charge < -0.3 is 10.2 Å². The summed E-state index contributed by atoms with van der Waals surface area (Å²) in [5, 5.41) is 11.1. The first kappa shape index (κ1) is 12.9. The molecule has 0 aliphatic heterocycles. The highest BCUT2D eigenvalue weighted by molar-refractivity contribution is 5.87. The minimum absolute atomic E-state index is 0.640. The molecule has 2 heterocycles. The fourth-order valence-corrected chi connectivity index (χ4v) is 4.26. The molecule has 0 radical (unpaired) electrons. The lowest BCUT2D eigenvalue weighted by Gasteiger charge is -2.28. The van der Waals surface area contributed by atoms with Crippen molar-refractivity contribution in [1.29, 1.82) is 0 Å². The van der Waals surface area contributed by atoms with Gasteiger partial charge in [0.05, 0.1) is 11.6 Å². The van der Waals surface area contributed by atoms with E-state index in [1.54, 1.807) is 0 Å². The van der Waals surface area contributed by atoms with Crippen LogP contribution >= 0.6 is 0 Å². The molecule has 3 unspecified atom stereocenters. The number of hydrogen-bond donors (Lipinski definition) is 2. The molecule has 0 spiro atoms. The Labute approximate surface area is 124 Å². The first-order valence-corrected chi connectivity index (χ1v) is 7.84. The first-order valence-electron chi connectivity index (χ1n) is 7.84. The van der Waals surface area contributed by atoms with Gasteiger partial charge in [-0.1, -0.05) is 6.42 Å². The molecule has 6 heteroatoms. The smallest absolute Gasteiger partial charge is 0.226 e. The minimum Gasteiger partial charge on any atom is -0.359 e. The largest absolute Gasteiger partial charge is 0.359 e. The van der Waals surface area contributed by atoms with E-state index in [4.69, 9.17) is 0 Å². The van der Waals surface area contributed by atoms with E-state index in [2.05, 4.69) is 37.4 Å². The highest BCUT2D eigenvalue weighted by Gasteiger charge is 2.39. The standard InChI is InChI=1S/C15H22N6/c1-16-15-18-13-12(7-17-20-13)14(19-15)21(2)8-11-6-9-3-4-10(11)5-9/h7,9-11H,3-6,8H2,1-2H3,(H2,16,17,18,19,20). The molecule has 2 fully saturated rings. The SMILES string of the molecule is CNc1nc(N(C)CC2CC3CCC2C3)c2cn[nH]c2n1. The van der Waals surface area contributed by atoms with E-state index in [0.717, 1.165) is 41.1 Å². The topological polar surface area (TPSA) is 69.7 Å². The van der Waals surface area contributed by atoms with Crippen molar-refractivity contribution >= 4 is 22.8 Å². The summed E-state index contributed by atoms with van der Waals surface area (Å²) >= 11 is 0. The van der Waals surface area contributed by atoms with Crippen molar-refractivity contribution < 1.29 is 0 Å². The molecule has 0 amide bonds. The van der Waals surface area contributed by atoms with Crippen LogP contribution in [0, 0.1) is 17.8 Å². The Morgan fingerprint density at radius 2 is 2.24 bits per heavy atom. The van der Waals surface area contributed by atoms with Gasteiger partial charge in [0.1, 0.15) is 5.82 Å². The van der Waals surface area contributed by atoms with Crippen molar-refractivity contribution in [2.45, 2.75) is 25.7 Å². The van der Waals surface area contributed by atoms with Crippen LogP contribution in [0.3, 0.4) is 0 Å². The number of hydrogen-bond acceptors (Lipinski definition) is 5. The molecular formula is C15H22N6. The van der Waals surface area contributed by atoms with Crippen LogP contribution < -0.4 is 10.2 Å². The predicted octanol–water partition coefficient (Wildman–Crippen LogP) is 2.27. The first-order chi connectivity index (χ1) is 10.2. The van der Waals surface area contributed by atoms with E-state index < -0.39 is 0 Å². The third-order valence-electron chi connectivity index (χ3n) is 5.27. The number of nitrogens with zero attached hydrogens (tertiary/aromatic N) is 4. The Morgan fingerprint density at radius 3 is 2.95 bits per heavy atom. The van der Waals surface area contributed by atoms with E-state index >= 15 is 0 Å². The van der Waals surface area contributed by atoms with E-state index in [9.17, 15) is 0 Å². The zero-order valence-electron chi connectivity index (χ0n) is 12.6. The molecule has 2 aliphatic carbocycles. The summed E-state index contributed by atoms with van der Waals surface area (Å²) in [6.45, 7) is 1.08. The Bertz CT molecular complexity index is 651. The number of fused-ring (bicyclic) bond motifs is 3. The molecule has 4 rings (SSSR count). The fraction of sp³-hybridized carbons (Fsp3) is 0.667. The number of aromatic amines is 1. The van der Waals surface area contributed by atoms with Gasteiger partial charge in [0.15, 0.2) is 5.65 Å². The van der Waals surface area contributed by atoms with E-state index in [0.29, 0.717) is 5.95 Å². The van der Waals surface area contributed by atoms with Crippen LogP contribution in [-0.2, 0) is 0 Å². The van der Waals surface area contributed by atoms with Gasteiger partial charge in [0, 0.05) is 20.6 Å². The van der Waals surface area contributed by atoms with Gasteiger partial charge in [-0.05, 0) is 37.0 Å². The quantitative estimate of drug-likeness (QED) is 0.902. The Kier molecular flexibility index (Phi) is 2.97. The molecule has 0 aromatic carbocycles. The monoisotopic (exact) mass is 286 g/mol. The average molecular weight is 286 g/mol. The predicted molar refractivity (Wildman–Crippen MR) is 83.4 cm³/mol. The number of H-pyrrole nitrogens is 1. The maximum atomic E-state index is 4.64. The molecule has 3 atom stereocenters. The zero-order valence-corrected chi connectivity index (χ0v) is 12.6. The van der Waals surface area contributed by atoms with E-state index in [1.165, 1.54) is 25.7 Å². The highest BCUT2D eigenvalue weighted by atomic mass is 15.2. The van der Waals surface area contributed by atoms with Crippen molar-refractivity contribution in [2.24, 2.45) is 17.8 Å². The van der Waals surface area contributed by atoms with Crippen molar-refractivity contribution in [3.63, 3.8) is 0 Å². The number of nitrogens with one attached hydrogen (secondary N) is 2. The van der Waals surface area contributed by atoms with Crippen LogP contribution in [0.25, 0.3) is 11.0 Å². The highest BCUT2D eigenvalue weighted by Crippen LogP contribution is 2.48. The molecule has 2 aliphatic rings. The van der Waals surface area contributed by atoms with Crippen molar-refractivity contribution in [2.75, 3.05) is 30.9 Å². The summed E-state index contributed by atoms with van der Waals surface area (Å²) in [7, 11) is 3.98. The lowest BCUT2D eigenvalue weighted by atomic mass is 9.88. The van der Waals surface area contributed by atoms with Crippen LogP contribution in [0.15, 0.2) is 6.20 Å². The second kappa shape index (κ2) is 4.86. The molecule has 2 aromatic rings. The summed E-state index contributed by atoms with van der Waals surface area (Å²) in [6, 6.07) is 0. The normalized spacial score (nSPS) is 27.4. The second-order valence-corrected chi connectivity index (χ2v) is 6.57. The lowest BCUT2D eigenvalue weighted by molar-refractivity contribution is 0.337. The summed E-state index contributed by atoms with van der Waals surface area (Å²) in [5.41, 5.74) is 0.796. The van der Waals surface area contributed by atoms with Crippen molar-refractivity contribution in [1.82, 2.24) is 20.2 Å². The second-order valence-electron chi connectivity index (χ2n) is 6.57. The third-order valence-corrected chi connectivity index (χ3v) is 5.27. The molecule has 2 saturated carbocycles. The molecule has 2 aromatic heterocycles. The van der Waals surface area contributed by atoms with Crippen LogP contribution in [0.2, 0.25) is 0 Å². The fourth-order valence-electron chi connectivity index (χ4n) is 4.26. The summed E-state index contributed by atoms with van der Waals surface area (Å²) in [5.74, 6) is 4.36. The van der Waals surface area contributed by atoms with Gasteiger partial charge in [0.2, 0.25) is 5.95 Å². The van der Waals surface area contributed by atoms with Crippen molar-refractivity contribution in [3.05, 3.63) is 6.20 Å². The van der Waals surface area contributed by atoms with Crippen LogP contribution in [-0.4, -0.2) is 40.8 Å². The minimum atomic E-state index is 0.640. The molecule has 6 nitrogen and oxygen atoms in total. The third kappa shape index (κ3) is 2.13. The zero-order chi connectivity index (χ0) is 14.4. The van der Waals surface area contributed by atoms with Crippen LogP contribution in [0.4, 0.5) is 11.8 Å². The summed E-state index contributed by atoms with van der Waals surface area (Å²) in [6.07, 6.45) is 7.55. The number of anilines is 2. The molecule has 2 N–H and O–H groups in total. The van der Waals surface area contributed by atoms with Crippen LogP contribution in [0.5, 0.6) is 0 Å². The molecular weight excluding hydrogens is 264 g/mol. The molecule has 112 valence electrons. The van der Waals surface area contributed by atoms with E-state index in [1.807, 2.05) is 13.2 Å². The van der Waals surface area contributed by atoms with Gasteiger partial charge in [-0.15, -0.1) is 0 Å². The Morgan fingerprint density at radius 1 is 1.33 bits per heavy atom. The lowest BCUT2D eigenvalue weighted by Crippen LogP contribution is -2.29. The van der Waals surface area contributed by atoms with Gasteiger partial charge in [-0.3, -0.25) is 5.10 Å². The molecule has 0 saturated heterocycles. The van der Waals surface area contributed by atoms with Crippen LogP contribution in [0.1, 0.15) is 25.7 Å². The van der Waals surface area contributed by atoms with Gasteiger partial charge >= 0.3 is 0 Å².